The standard InChI is InChI=1S/C26H56N.C16H36N.BrH.H2O/c1-5-7-9-11-13-15-17-19-21-23-25-27(3,4)26-24-22-20-18-16-14-12-10-8-6-2;1-5-9-13-17(14-10-6-2,15-11-7-3)16-12-8-4;;/h5-26H2,1-4H3;5-16H2,1-4H3;1H;1H2/q2*+1;;/p-2. The van der Waals surface area contributed by atoms with Gasteiger partial charge in [-0.15, -0.1) is 0 Å². The zero-order chi connectivity index (χ0) is 33.0. The smallest absolute Gasteiger partial charge is 0.0786 e. The van der Waals surface area contributed by atoms with Crippen molar-refractivity contribution < 1.29 is 31.4 Å². The van der Waals surface area contributed by atoms with Crippen LogP contribution >= 0.6 is 0 Å². The van der Waals surface area contributed by atoms with E-state index in [9.17, 15) is 0 Å². The molecule has 0 aromatic rings. The van der Waals surface area contributed by atoms with Crippen molar-refractivity contribution in [2.75, 3.05) is 53.4 Å². The lowest BCUT2D eigenvalue weighted by atomic mass is 10.1. The Morgan fingerprint density at radius 3 is 0.674 bits per heavy atom. The summed E-state index contributed by atoms with van der Waals surface area (Å²) in [4.78, 5) is 0. The van der Waals surface area contributed by atoms with Gasteiger partial charge in [0.2, 0.25) is 0 Å². The summed E-state index contributed by atoms with van der Waals surface area (Å²) < 4.78 is 2.66. The van der Waals surface area contributed by atoms with Crippen molar-refractivity contribution in [2.45, 2.75) is 221 Å². The number of halogens is 1. The minimum absolute atomic E-state index is 0. The quantitative estimate of drug-likeness (QED) is 0.0481. The van der Waals surface area contributed by atoms with Crippen LogP contribution in [0.15, 0.2) is 0 Å². The zero-order valence-corrected chi connectivity index (χ0v) is 35.3. The van der Waals surface area contributed by atoms with Gasteiger partial charge < -0.3 is 31.4 Å². The summed E-state index contributed by atoms with van der Waals surface area (Å²) in [5, 5.41) is 0. The van der Waals surface area contributed by atoms with E-state index in [1.165, 1.54) is 228 Å². The van der Waals surface area contributed by atoms with Gasteiger partial charge in [-0.25, -0.2) is 0 Å². The van der Waals surface area contributed by atoms with E-state index in [1.54, 1.807) is 0 Å². The molecule has 0 atom stereocenters. The van der Waals surface area contributed by atoms with Gasteiger partial charge in [0.1, 0.15) is 0 Å². The van der Waals surface area contributed by atoms with Crippen LogP contribution in [0.4, 0.5) is 0 Å². The molecule has 0 heterocycles. The lowest BCUT2D eigenvalue weighted by Gasteiger charge is -2.39. The first-order chi connectivity index (χ1) is 21.4. The second-order valence-electron chi connectivity index (χ2n) is 15.4. The third-order valence-corrected chi connectivity index (χ3v) is 10.2. The molecule has 1 N–H and O–H groups in total. The lowest BCUT2D eigenvalue weighted by Crippen LogP contribution is -3.00. The number of hydrogen-bond acceptors (Lipinski definition) is 1. The maximum absolute atomic E-state index is 2.45. The van der Waals surface area contributed by atoms with E-state index in [-0.39, 0.29) is 22.5 Å². The SMILES string of the molecule is CCCCCCCCCCCC[N+](C)(C)CCCCCCCCCCCC.CCCC[N+](CCCC)(CCCC)CCCC.[Br-].[OH-]. The molecule has 4 heteroatoms. The molecule has 0 radical (unpaired) electrons. The van der Waals surface area contributed by atoms with Crippen LogP contribution in [-0.4, -0.2) is 67.8 Å². The predicted molar refractivity (Wildman–Crippen MR) is 207 cm³/mol. The Kier molecular flexibility index (Phi) is 48.0. The van der Waals surface area contributed by atoms with Gasteiger partial charge in [0.15, 0.2) is 0 Å². The van der Waals surface area contributed by atoms with Crippen molar-refractivity contribution in [1.29, 1.82) is 0 Å². The zero-order valence-electron chi connectivity index (χ0n) is 33.8. The Morgan fingerprint density at radius 1 is 0.261 bits per heavy atom. The maximum atomic E-state index is 2.45. The number of nitrogens with zero attached hydrogens (tertiary/aromatic N) is 2. The first kappa shape index (κ1) is 53.2. The van der Waals surface area contributed by atoms with Gasteiger partial charge in [-0.2, -0.15) is 0 Å². The first-order valence-corrected chi connectivity index (χ1v) is 21.0. The van der Waals surface area contributed by atoms with Gasteiger partial charge in [0.05, 0.1) is 53.4 Å². The second kappa shape index (κ2) is 41.5. The molecule has 0 aromatic carbocycles. The van der Waals surface area contributed by atoms with Gasteiger partial charge in [-0.3, -0.25) is 0 Å². The lowest BCUT2D eigenvalue weighted by molar-refractivity contribution is -0.929. The Morgan fingerprint density at radius 2 is 0.457 bits per heavy atom. The van der Waals surface area contributed by atoms with Crippen molar-refractivity contribution in [2.24, 2.45) is 0 Å². The molecule has 0 aliphatic rings. The molecule has 46 heavy (non-hydrogen) atoms. The average Bonchev–Trinajstić information content (AvgIpc) is 3.02. The molecule has 0 aliphatic carbocycles. The molecule has 0 spiro atoms. The summed E-state index contributed by atoms with van der Waals surface area (Å²) in [5.74, 6) is 0. The molecule has 0 aliphatic heterocycles. The van der Waals surface area contributed by atoms with Crippen molar-refractivity contribution in [3.05, 3.63) is 0 Å². The summed E-state index contributed by atoms with van der Waals surface area (Å²) in [6.07, 6.45) is 40.1. The highest BCUT2D eigenvalue weighted by atomic mass is 79.9. The highest BCUT2D eigenvalue weighted by molar-refractivity contribution is 4.51. The van der Waals surface area contributed by atoms with E-state index in [1.807, 2.05) is 0 Å². The summed E-state index contributed by atoms with van der Waals surface area (Å²) in [6.45, 7) is 22.4. The molecule has 3 nitrogen and oxygen atoms in total. The molecule has 0 bridgehead atoms. The number of hydrogen-bond donors (Lipinski definition) is 0. The highest BCUT2D eigenvalue weighted by Gasteiger charge is 2.24. The predicted octanol–water partition coefficient (Wildman–Crippen LogP) is 10.7. The molecular formula is C42H93BrN2O. The van der Waals surface area contributed by atoms with Gasteiger partial charge in [0, 0.05) is 0 Å². The van der Waals surface area contributed by atoms with Crippen LogP contribution in [0, 0.1) is 0 Å². The Balaban J connectivity index is -0.000000403. The average molecular weight is 722 g/mol. The van der Waals surface area contributed by atoms with Crippen LogP contribution < -0.4 is 17.0 Å². The highest BCUT2D eigenvalue weighted by Crippen LogP contribution is 2.17. The van der Waals surface area contributed by atoms with E-state index in [2.05, 4.69) is 55.6 Å². The summed E-state index contributed by atoms with van der Waals surface area (Å²) in [7, 11) is 4.89. The fourth-order valence-electron chi connectivity index (χ4n) is 6.81. The topological polar surface area (TPSA) is 30.0 Å². The van der Waals surface area contributed by atoms with E-state index in [0.717, 1.165) is 0 Å². The van der Waals surface area contributed by atoms with Crippen molar-refractivity contribution >= 4 is 0 Å². The van der Waals surface area contributed by atoms with Crippen molar-refractivity contribution in [1.82, 2.24) is 0 Å². The van der Waals surface area contributed by atoms with Crippen LogP contribution in [-0.2, 0) is 0 Å². The summed E-state index contributed by atoms with van der Waals surface area (Å²) in [6, 6.07) is 0. The van der Waals surface area contributed by atoms with E-state index < -0.39 is 0 Å². The van der Waals surface area contributed by atoms with Crippen LogP contribution in [0.25, 0.3) is 0 Å². The van der Waals surface area contributed by atoms with Crippen LogP contribution in [0.2, 0.25) is 0 Å². The molecule has 0 saturated carbocycles. The molecule has 0 unspecified atom stereocenters. The Bertz CT molecular complexity index is 464. The van der Waals surface area contributed by atoms with E-state index in [0.29, 0.717) is 0 Å². The van der Waals surface area contributed by atoms with Gasteiger partial charge in [-0.1, -0.05) is 170 Å². The second-order valence-corrected chi connectivity index (χ2v) is 15.4. The number of quaternary nitrogens is 2. The molecule has 0 fully saturated rings. The van der Waals surface area contributed by atoms with E-state index >= 15 is 0 Å². The molecular weight excluding hydrogens is 628 g/mol. The molecule has 0 aromatic heterocycles. The van der Waals surface area contributed by atoms with Crippen molar-refractivity contribution in [3.8, 4) is 0 Å². The van der Waals surface area contributed by atoms with Crippen LogP contribution in [0.1, 0.15) is 221 Å². The van der Waals surface area contributed by atoms with Crippen molar-refractivity contribution in [3.63, 3.8) is 0 Å². The van der Waals surface area contributed by atoms with Gasteiger partial charge in [0.25, 0.3) is 0 Å². The van der Waals surface area contributed by atoms with Crippen LogP contribution in [0.5, 0.6) is 0 Å². The molecule has 0 saturated heterocycles. The third-order valence-electron chi connectivity index (χ3n) is 10.2. The third kappa shape index (κ3) is 38.8. The van der Waals surface area contributed by atoms with Crippen LogP contribution in [0.3, 0.4) is 0 Å². The molecule has 0 amide bonds. The van der Waals surface area contributed by atoms with E-state index in [4.69, 9.17) is 0 Å². The molecule has 0 rings (SSSR count). The number of unbranched alkanes of at least 4 members (excludes halogenated alkanes) is 22. The fraction of sp³-hybridized carbons (Fsp3) is 1.00. The fourth-order valence-corrected chi connectivity index (χ4v) is 6.81. The summed E-state index contributed by atoms with van der Waals surface area (Å²) in [5.41, 5.74) is 0. The first-order valence-electron chi connectivity index (χ1n) is 21.0. The van der Waals surface area contributed by atoms with Gasteiger partial charge in [-0.05, 0) is 51.4 Å². The Hall–Kier alpha value is 0.360. The minimum atomic E-state index is 0. The Labute approximate surface area is 305 Å². The summed E-state index contributed by atoms with van der Waals surface area (Å²) >= 11 is 0. The number of rotatable bonds is 34. The monoisotopic (exact) mass is 721 g/mol. The maximum Gasteiger partial charge on any atom is 0.0786 e. The normalized spacial score (nSPS) is 11.5. The largest absolute Gasteiger partial charge is 1.00 e. The minimum Gasteiger partial charge on any atom is -1.00 e. The molecule has 284 valence electrons. The van der Waals surface area contributed by atoms with Gasteiger partial charge >= 0.3 is 0 Å².